The Balaban J connectivity index is 0.00000264. The molecule has 0 radical (unpaired) electrons. The zero-order valence-electron chi connectivity index (χ0n) is 13.4. The predicted octanol–water partition coefficient (Wildman–Crippen LogP) is 1.85. The van der Waals surface area contributed by atoms with Gasteiger partial charge in [-0.2, -0.15) is 0 Å². The molecule has 0 bridgehead atoms. The molecule has 0 atom stereocenters. The second-order valence-corrected chi connectivity index (χ2v) is 7.74. The first-order chi connectivity index (χ1) is 10.4. The molecule has 0 amide bonds. The van der Waals surface area contributed by atoms with Crippen LogP contribution in [0.1, 0.15) is 18.4 Å². The Labute approximate surface area is 143 Å². The maximum absolute atomic E-state index is 13.4. The number of aryl methyl sites for hydroxylation is 1. The van der Waals surface area contributed by atoms with Crippen molar-refractivity contribution in [3.63, 3.8) is 0 Å². The summed E-state index contributed by atoms with van der Waals surface area (Å²) >= 11 is 0. The summed E-state index contributed by atoms with van der Waals surface area (Å²) in [6.45, 7) is 4.13. The van der Waals surface area contributed by atoms with Crippen LogP contribution in [0.5, 0.6) is 0 Å². The maximum Gasteiger partial charge on any atom is 0.240 e. The van der Waals surface area contributed by atoms with Gasteiger partial charge in [0, 0.05) is 19.1 Å². The number of nitrogens with one attached hydrogen (secondary N) is 2. The highest BCUT2D eigenvalue weighted by Crippen LogP contribution is 2.29. The van der Waals surface area contributed by atoms with E-state index in [4.69, 9.17) is 4.74 Å². The fourth-order valence-electron chi connectivity index (χ4n) is 2.82. The minimum atomic E-state index is -3.73. The molecule has 0 unspecified atom stereocenters. The van der Waals surface area contributed by atoms with Crippen LogP contribution in [0.25, 0.3) is 0 Å². The fourth-order valence-corrected chi connectivity index (χ4v) is 4.10. The van der Waals surface area contributed by atoms with Gasteiger partial charge in [0.1, 0.15) is 5.82 Å². The van der Waals surface area contributed by atoms with Crippen LogP contribution in [0.3, 0.4) is 0 Å². The van der Waals surface area contributed by atoms with E-state index in [2.05, 4.69) is 10.0 Å². The molecule has 1 aliphatic rings. The Kier molecular flexibility index (Phi) is 7.41. The van der Waals surface area contributed by atoms with E-state index in [1.807, 2.05) is 0 Å². The molecule has 1 saturated heterocycles. The summed E-state index contributed by atoms with van der Waals surface area (Å²) in [7, 11) is -2.11. The lowest BCUT2D eigenvalue weighted by molar-refractivity contribution is 0.0577. The summed E-state index contributed by atoms with van der Waals surface area (Å²) < 4.78 is 46.1. The Hall–Kier alpha value is -0.730. The Morgan fingerprint density at radius 3 is 2.52 bits per heavy atom. The van der Waals surface area contributed by atoms with Crippen molar-refractivity contribution < 1.29 is 17.5 Å². The van der Waals surface area contributed by atoms with E-state index in [-0.39, 0.29) is 22.7 Å². The summed E-state index contributed by atoms with van der Waals surface area (Å²) in [5.41, 5.74) is 0.365. The highest BCUT2D eigenvalue weighted by Gasteiger charge is 2.33. The van der Waals surface area contributed by atoms with Gasteiger partial charge in [-0.05, 0) is 56.6 Å². The average molecular weight is 367 g/mol. The first kappa shape index (κ1) is 20.3. The van der Waals surface area contributed by atoms with Gasteiger partial charge in [-0.3, -0.25) is 0 Å². The summed E-state index contributed by atoms with van der Waals surface area (Å²) in [5.74, 6) is -0.547. The van der Waals surface area contributed by atoms with Crippen molar-refractivity contribution in [2.45, 2.75) is 24.7 Å². The molecule has 2 rings (SSSR count). The summed E-state index contributed by atoms with van der Waals surface area (Å²) in [5, 5.41) is 3.26. The third-order valence-corrected chi connectivity index (χ3v) is 5.46. The van der Waals surface area contributed by atoms with E-state index in [1.54, 1.807) is 14.0 Å². The second-order valence-electron chi connectivity index (χ2n) is 5.97. The van der Waals surface area contributed by atoms with E-state index in [0.717, 1.165) is 32.0 Å². The van der Waals surface area contributed by atoms with Crippen LogP contribution < -0.4 is 10.0 Å². The zero-order chi connectivity index (χ0) is 16.2. The standard InChI is InChI=1S/C15H23FN2O3S.ClH/c1-12-7-13(16)9-14(8-12)22(19,20)18-10-15(11-21-2)3-5-17-6-4-15;/h7-9,17-18H,3-6,10-11H2,1-2H3;1H. The summed E-state index contributed by atoms with van der Waals surface area (Å²) in [6, 6.07) is 3.82. The van der Waals surface area contributed by atoms with E-state index >= 15 is 0 Å². The predicted molar refractivity (Wildman–Crippen MR) is 90.0 cm³/mol. The minimum Gasteiger partial charge on any atom is -0.384 e. The largest absolute Gasteiger partial charge is 0.384 e. The van der Waals surface area contributed by atoms with E-state index < -0.39 is 15.8 Å². The highest BCUT2D eigenvalue weighted by molar-refractivity contribution is 7.89. The molecule has 0 aliphatic carbocycles. The zero-order valence-corrected chi connectivity index (χ0v) is 15.0. The van der Waals surface area contributed by atoms with Crippen molar-refractivity contribution in [1.82, 2.24) is 10.0 Å². The number of methoxy groups -OCH3 is 1. The quantitative estimate of drug-likeness (QED) is 0.806. The molecule has 5 nitrogen and oxygen atoms in total. The SMILES string of the molecule is COCC1(CNS(=O)(=O)c2cc(C)cc(F)c2)CCNCC1.Cl. The number of piperidine rings is 1. The molecule has 2 N–H and O–H groups in total. The number of hydrogen-bond donors (Lipinski definition) is 2. The van der Waals surface area contributed by atoms with Gasteiger partial charge in [-0.1, -0.05) is 0 Å². The van der Waals surface area contributed by atoms with Crippen LogP contribution in [0.15, 0.2) is 23.1 Å². The number of sulfonamides is 1. The average Bonchev–Trinajstić information content (AvgIpc) is 2.46. The topological polar surface area (TPSA) is 67.4 Å². The molecule has 1 heterocycles. The molecular formula is C15H24ClFN2O3S. The van der Waals surface area contributed by atoms with E-state index in [1.165, 1.54) is 12.1 Å². The van der Waals surface area contributed by atoms with Gasteiger partial charge in [-0.25, -0.2) is 17.5 Å². The van der Waals surface area contributed by atoms with Crippen molar-refractivity contribution in [2.24, 2.45) is 5.41 Å². The number of ether oxygens (including phenoxy) is 1. The van der Waals surface area contributed by atoms with E-state index in [0.29, 0.717) is 18.7 Å². The molecule has 132 valence electrons. The molecule has 0 spiro atoms. The minimum absolute atomic E-state index is 0. The third-order valence-electron chi connectivity index (χ3n) is 4.08. The molecular weight excluding hydrogens is 343 g/mol. The smallest absolute Gasteiger partial charge is 0.240 e. The van der Waals surface area contributed by atoms with Crippen molar-refractivity contribution in [3.8, 4) is 0 Å². The molecule has 1 fully saturated rings. The lowest BCUT2D eigenvalue weighted by Crippen LogP contribution is -2.47. The second kappa shape index (κ2) is 8.39. The number of hydrogen-bond acceptors (Lipinski definition) is 4. The van der Waals surface area contributed by atoms with Gasteiger partial charge >= 0.3 is 0 Å². The van der Waals surface area contributed by atoms with Gasteiger partial charge in [0.15, 0.2) is 0 Å². The number of rotatable bonds is 6. The van der Waals surface area contributed by atoms with Crippen molar-refractivity contribution in [3.05, 3.63) is 29.6 Å². The Morgan fingerprint density at radius 2 is 1.96 bits per heavy atom. The molecule has 1 aliphatic heterocycles. The number of benzene rings is 1. The van der Waals surface area contributed by atoms with Crippen LogP contribution in [-0.4, -0.2) is 41.8 Å². The Bertz CT molecular complexity index is 593. The summed E-state index contributed by atoms with van der Waals surface area (Å²) in [4.78, 5) is -0.0356. The van der Waals surface area contributed by atoms with Gasteiger partial charge in [0.25, 0.3) is 0 Å². The molecule has 1 aromatic carbocycles. The van der Waals surface area contributed by atoms with Gasteiger partial charge in [-0.15, -0.1) is 12.4 Å². The normalized spacial score (nSPS) is 17.5. The summed E-state index contributed by atoms with van der Waals surface area (Å²) in [6.07, 6.45) is 1.68. The maximum atomic E-state index is 13.4. The number of halogens is 2. The van der Waals surface area contributed by atoms with Gasteiger partial charge < -0.3 is 10.1 Å². The first-order valence-corrected chi connectivity index (χ1v) is 8.82. The molecule has 23 heavy (non-hydrogen) atoms. The van der Waals surface area contributed by atoms with Crippen molar-refractivity contribution in [1.29, 1.82) is 0 Å². The van der Waals surface area contributed by atoms with Gasteiger partial charge in [0.05, 0.1) is 11.5 Å². The Morgan fingerprint density at radius 1 is 1.30 bits per heavy atom. The fraction of sp³-hybridized carbons (Fsp3) is 0.600. The van der Waals surface area contributed by atoms with E-state index in [9.17, 15) is 12.8 Å². The van der Waals surface area contributed by atoms with Crippen molar-refractivity contribution in [2.75, 3.05) is 33.4 Å². The molecule has 0 saturated carbocycles. The van der Waals surface area contributed by atoms with Crippen LogP contribution >= 0.6 is 12.4 Å². The highest BCUT2D eigenvalue weighted by atomic mass is 35.5. The first-order valence-electron chi connectivity index (χ1n) is 7.33. The molecule has 1 aromatic rings. The van der Waals surface area contributed by atoms with Gasteiger partial charge in [0.2, 0.25) is 10.0 Å². The van der Waals surface area contributed by atoms with Crippen LogP contribution in [-0.2, 0) is 14.8 Å². The molecule has 0 aromatic heterocycles. The lowest BCUT2D eigenvalue weighted by atomic mass is 9.80. The van der Waals surface area contributed by atoms with Crippen LogP contribution in [0.2, 0.25) is 0 Å². The van der Waals surface area contributed by atoms with Crippen molar-refractivity contribution >= 4 is 22.4 Å². The van der Waals surface area contributed by atoms with Crippen LogP contribution in [0.4, 0.5) is 4.39 Å². The monoisotopic (exact) mass is 366 g/mol. The molecule has 8 heteroatoms. The third kappa shape index (κ3) is 5.39. The van der Waals surface area contributed by atoms with Crippen LogP contribution in [0, 0.1) is 18.2 Å². The lowest BCUT2D eigenvalue weighted by Gasteiger charge is -2.37.